The highest BCUT2D eigenvalue weighted by molar-refractivity contribution is 5.42. The highest BCUT2D eigenvalue weighted by Crippen LogP contribution is 2.27. The molecule has 2 heteroatoms. The van der Waals surface area contributed by atoms with Gasteiger partial charge in [-0.15, -0.1) is 0 Å². The Hall–Kier alpha value is -1.80. The van der Waals surface area contributed by atoms with E-state index in [2.05, 4.69) is 32.9 Å². The molecule has 0 aliphatic rings. The lowest BCUT2D eigenvalue weighted by molar-refractivity contribution is 0.475. The maximum atomic E-state index is 5.94. The quantitative estimate of drug-likeness (QED) is 0.885. The predicted octanol–water partition coefficient (Wildman–Crippen LogP) is 3.86. The third-order valence-corrected chi connectivity index (χ3v) is 2.86. The Morgan fingerprint density at radius 1 is 0.889 bits per heavy atom. The molecule has 0 saturated carbocycles. The molecule has 0 aliphatic carbocycles. The Labute approximate surface area is 108 Å². The monoisotopic (exact) mass is 241 g/mol. The minimum atomic E-state index is 0.488. The van der Waals surface area contributed by atoms with Gasteiger partial charge in [0.2, 0.25) is 0 Å². The number of hydrogen-bond donors (Lipinski definition) is 1. The summed E-state index contributed by atoms with van der Waals surface area (Å²) < 4.78 is 5.94. The Morgan fingerprint density at radius 3 is 2.17 bits per heavy atom. The van der Waals surface area contributed by atoms with Gasteiger partial charge in [0.05, 0.1) is 0 Å². The van der Waals surface area contributed by atoms with E-state index in [-0.39, 0.29) is 0 Å². The molecule has 0 spiro atoms. The lowest BCUT2D eigenvalue weighted by atomic mass is 10.1. The lowest BCUT2D eigenvalue weighted by Crippen LogP contribution is -2.00. The van der Waals surface area contributed by atoms with E-state index in [0.717, 1.165) is 17.1 Å². The zero-order valence-corrected chi connectivity index (χ0v) is 11.2. The summed E-state index contributed by atoms with van der Waals surface area (Å²) in [7, 11) is 0. The molecule has 2 aromatic rings. The second-order valence-electron chi connectivity index (χ2n) is 4.74. The molecule has 0 radical (unpaired) electrons. The van der Waals surface area contributed by atoms with Gasteiger partial charge in [-0.3, -0.25) is 0 Å². The molecule has 18 heavy (non-hydrogen) atoms. The first-order valence-corrected chi connectivity index (χ1v) is 6.14. The van der Waals surface area contributed by atoms with Crippen molar-refractivity contribution in [1.82, 2.24) is 0 Å². The summed E-state index contributed by atoms with van der Waals surface area (Å²) >= 11 is 0. The summed E-state index contributed by atoms with van der Waals surface area (Å²) in [6, 6.07) is 12.3. The van der Waals surface area contributed by atoms with Crippen LogP contribution >= 0.6 is 0 Å². The van der Waals surface area contributed by atoms with Crippen molar-refractivity contribution >= 4 is 0 Å². The molecule has 0 atom stereocenters. The van der Waals surface area contributed by atoms with Crippen LogP contribution in [-0.4, -0.2) is 0 Å². The molecule has 94 valence electrons. The highest BCUT2D eigenvalue weighted by Gasteiger charge is 2.05. The van der Waals surface area contributed by atoms with Crippen molar-refractivity contribution in [3.8, 4) is 11.5 Å². The first-order valence-electron chi connectivity index (χ1n) is 6.14. The van der Waals surface area contributed by atoms with Crippen LogP contribution in [0.25, 0.3) is 0 Å². The SMILES string of the molecule is Cc1cc(C)cc(Oc2ccc(C)cc2CN)c1. The summed E-state index contributed by atoms with van der Waals surface area (Å²) in [6.07, 6.45) is 0. The van der Waals surface area contributed by atoms with Crippen LogP contribution in [0, 0.1) is 20.8 Å². The molecular formula is C16H19NO. The Bertz CT molecular complexity index is 541. The van der Waals surface area contributed by atoms with Gasteiger partial charge in [0.15, 0.2) is 0 Å². The van der Waals surface area contributed by atoms with Crippen LogP contribution in [0.2, 0.25) is 0 Å². The van der Waals surface area contributed by atoms with Crippen molar-refractivity contribution in [2.45, 2.75) is 27.3 Å². The van der Waals surface area contributed by atoms with E-state index in [0.29, 0.717) is 6.54 Å². The van der Waals surface area contributed by atoms with Gasteiger partial charge in [-0.25, -0.2) is 0 Å². The Morgan fingerprint density at radius 2 is 1.56 bits per heavy atom. The average Bonchev–Trinajstić information content (AvgIpc) is 2.30. The van der Waals surface area contributed by atoms with Gasteiger partial charge in [-0.1, -0.05) is 23.8 Å². The molecule has 0 heterocycles. The van der Waals surface area contributed by atoms with Gasteiger partial charge >= 0.3 is 0 Å². The summed E-state index contributed by atoms with van der Waals surface area (Å²) in [5.41, 5.74) is 10.4. The van der Waals surface area contributed by atoms with Gasteiger partial charge in [-0.05, 0) is 50.1 Å². The minimum Gasteiger partial charge on any atom is -0.457 e. The van der Waals surface area contributed by atoms with Crippen LogP contribution in [0.15, 0.2) is 36.4 Å². The van der Waals surface area contributed by atoms with Crippen LogP contribution in [0.4, 0.5) is 0 Å². The number of hydrogen-bond acceptors (Lipinski definition) is 2. The van der Waals surface area contributed by atoms with E-state index < -0.39 is 0 Å². The largest absolute Gasteiger partial charge is 0.457 e. The standard InChI is InChI=1S/C16H19NO/c1-11-4-5-16(14(7-11)10-17)18-15-8-12(2)6-13(3)9-15/h4-9H,10,17H2,1-3H3. The molecule has 0 saturated heterocycles. The van der Waals surface area contributed by atoms with Crippen LogP contribution in [0.3, 0.4) is 0 Å². The number of benzene rings is 2. The van der Waals surface area contributed by atoms with E-state index in [1.807, 2.05) is 24.3 Å². The smallest absolute Gasteiger partial charge is 0.131 e. The van der Waals surface area contributed by atoms with Crippen molar-refractivity contribution in [1.29, 1.82) is 0 Å². The molecule has 0 aromatic heterocycles. The number of nitrogens with two attached hydrogens (primary N) is 1. The maximum Gasteiger partial charge on any atom is 0.131 e. The molecule has 2 N–H and O–H groups in total. The fourth-order valence-electron chi connectivity index (χ4n) is 2.09. The third-order valence-electron chi connectivity index (χ3n) is 2.86. The summed E-state index contributed by atoms with van der Waals surface area (Å²) in [5.74, 6) is 1.71. The average molecular weight is 241 g/mol. The first-order chi connectivity index (χ1) is 8.58. The van der Waals surface area contributed by atoms with Crippen LogP contribution < -0.4 is 10.5 Å². The lowest BCUT2D eigenvalue weighted by Gasteiger charge is -2.12. The van der Waals surface area contributed by atoms with Gasteiger partial charge in [0.25, 0.3) is 0 Å². The van der Waals surface area contributed by atoms with E-state index in [1.54, 1.807) is 0 Å². The zero-order valence-electron chi connectivity index (χ0n) is 11.2. The predicted molar refractivity (Wildman–Crippen MR) is 75.1 cm³/mol. The van der Waals surface area contributed by atoms with Crippen molar-refractivity contribution in [3.63, 3.8) is 0 Å². The van der Waals surface area contributed by atoms with Gasteiger partial charge in [0, 0.05) is 12.1 Å². The van der Waals surface area contributed by atoms with E-state index in [1.165, 1.54) is 16.7 Å². The third kappa shape index (κ3) is 2.90. The fraction of sp³-hybridized carbons (Fsp3) is 0.250. The summed E-state index contributed by atoms with van der Waals surface area (Å²) in [6.45, 7) is 6.68. The molecule has 0 bridgehead atoms. The van der Waals surface area contributed by atoms with Crippen molar-refractivity contribution in [2.24, 2.45) is 5.73 Å². The van der Waals surface area contributed by atoms with Crippen molar-refractivity contribution < 1.29 is 4.74 Å². The Balaban J connectivity index is 2.33. The second-order valence-corrected chi connectivity index (χ2v) is 4.74. The molecule has 2 aromatic carbocycles. The molecule has 2 rings (SSSR count). The van der Waals surface area contributed by atoms with Crippen LogP contribution in [0.1, 0.15) is 22.3 Å². The molecule has 0 aliphatic heterocycles. The number of aryl methyl sites for hydroxylation is 3. The van der Waals surface area contributed by atoms with E-state index >= 15 is 0 Å². The second kappa shape index (κ2) is 5.23. The number of rotatable bonds is 3. The number of ether oxygens (including phenoxy) is 1. The van der Waals surface area contributed by atoms with Crippen molar-refractivity contribution in [2.75, 3.05) is 0 Å². The Kier molecular flexibility index (Phi) is 3.68. The molecule has 0 unspecified atom stereocenters. The van der Waals surface area contributed by atoms with Crippen molar-refractivity contribution in [3.05, 3.63) is 58.7 Å². The van der Waals surface area contributed by atoms with Gasteiger partial charge < -0.3 is 10.5 Å². The van der Waals surface area contributed by atoms with Gasteiger partial charge in [0.1, 0.15) is 11.5 Å². The van der Waals surface area contributed by atoms with Crippen LogP contribution in [0.5, 0.6) is 11.5 Å². The molecular weight excluding hydrogens is 222 g/mol. The molecule has 0 fully saturated rings. The summed E-state index contributed by atoms with van der Waals surface area (Å²) in [5, 5.41) is 0. The van der Waals surface area contributed by atoms with Gasteiger partial charge in [-0.2, -0.15) is 0 Å². The highest BCUT2D eigenvalue weighted by atomic mass is 16.5. The normalized spacial score (nSPS) is 10.4. The summed E-state index contributed by atoms with van der Waals surface area (Å²) in [4.78, 5) is 0. The van der Waals surface area contributed by atoms with E-state index in [9.17, 15) is 0 Å². The van der Waals surface area contributed by atoms with Crippen LogP contribution in [-0.2, 0) is 6.54 Å². The topological polar surface area (TPSA) is 35.2 Å². The molecule has 0 amide bonds. The molecule has 2 nitrogen and oxygen atoms in total. The zero-order chi connectivity index (χ0) is 13.1. The fourth-order valence-corrected chi connectivity index (χ4v) is 2.09. The van der Waals surface area contributed by atoms with E-state index in [4.69, 9.17) is 10.5 Å². The first kappa shape index (κ1) is 12.7. The minimum absolute atomic E-state index is 0.488. The maximum absolute atomic E-state index is 5.94.